The van der Waals surface area contributed by atoms with Gasteiger partial charge in [0.2, 0.25) is 0 Å². The average molecular weight is 198 g/mol. The van der Waals surface area contributed by atoms with Crippen molar-refractivity contribution in [2.45, 2.75) is 53.9 Å². The molecule has 0 unspecified atom stereocenters. The molecule has 82 valence electrons. The van der Waals surface area contributed by atoms with Gasteiger partial charge in [0.25, 0.3) is 0 Å². The van der Waals surface area contributed by atoms with Crippen LogP contribution in [0.1, 0.15) is 53.9 Å². The van der Waals surface area contributed by atoms with Crippen LogP contribution in [0.5, 0.6) is 0 Å². The first kappa shape index (κ1) is 13.3. The molecule has 0 rings (SSSR count). The van der Waals surface area contributed by atoms with Gasteiger partial charge in [0, 0.05) is 6.42 Å². The van der Waals surface area contributed by atoms with Crippen molar-refractivity contribution < 1.29 is 9.59 Å². The van der Waals surface area contributed by atoms with Crippen LogP contribution in [-0.4, -0.2) is 12.1 Å². The van der Waals surface area contributed by atoms with Crippen molar-refractivity contribution in [1.29, 1.82) is 0 Å². The van der Waals surface area contributed by atoms with E-state index in [4.69, 9.17) is 0 Å². The number of carbonyl (C=O) groups excluding carboxylic acids is 2. The first-order chi connectivity index (χ1) is 6.31. The fourth-order valence-corrected chi connectivity index (χ4v) is 1.53. The molecule has 0 aliphatic carbocycles. The van der Waals surface area contributed by atoms with E-state index in [2.05, 4.69) is 0 Å². The molecule has 0 saturated carbocycles. The maximum Gasteiger partial charge on any atom is 0.146 e. The molecule has 0 aliphatic rings. The minimum atomic E-state index is -0.729. The van der Waals surface area contributed by atoms with Crippen LogP contribution in [0.3, 0.4) is 0 Å². The van der Waals surface area contributed by atoms with Crippen molar-refractivity contribution in [3.63, 3.8) is 0 Å². The van der Waals surface area contributed by atoms with Crippen LogP contribution in [0.15, 0.2) is 0 Å². The summed E-state index contributed by atoms with van der Waals surface area (Å²) in [5.74, 6) is 0.0880. The molecule has 0 atom stereocenters. The van der Waals surface area contributed by atoms with E-state index in [0.717, 1.165) is 6.29 Å². The zero-order chi connectivity index (χ0) is 11.4. The van der Waals surface area contributed by atoms with Gasteiger partial charge in [-0.15, -0.1) is 0 Å². The molecule has 0 bridgehead atoms. The molecule has 0 aromatic heterocycles. The largest absolute Gasteiger partial charge is 0.302 e. The molecule has 0 aromatic carbocycles. The molecule has 0 N–H and O–H groups in total. The monoisotopic (exact) mass is 198 g/mol. The lowest BCUT2D eigenvalue weighted by atomic mass is 9.74. The zero-order valence-electron chi connectivity index (χ0n) is 10.0. The molecule has 0 spiro atoms. The first-order valence-electron chi connectivity index (χ1n) is 5.31. The van der Waals surface area contributed by atoms with Crippen LogP contribution in [0.2, 0.25) is 0 Å². The lowest BCUT2D eigenvalue weighted by Crippen LogP contribution is -2.34. The molecule has 0 radical (unpaired) electrons. The molecular weight excluding hydrogens is 176 g/mol. The summed E-state index contributed by atoms with van der Waals surface area (Å²) >= 11 is 0. The van der Waals surface area contributed by atoms with Gasteiger partial charge in [0.15, 0.2) is 0 Å². The van der Waals surface area contributed by atoms with Crippen LogP contribution >= 0.6 is 0 Å². The molecule has 0 fully saturated rings. The van der Waals surface area contributed by atoms with E-state index in [1.54, 1.807) is 0 Å². The van der Waals surface area contributed by atoms with Crippen molar-refractivity contribution in [3.05, 3.63) is 0 Å². The van der Waals surface area contributed by atoms with Gasteiger partial charge in [-0.1, -0.05) is 34.6 Å². The zero-order valence-corrected chi connectivity index (χ0v) is 10.0. The Morgan fingerprint density at radius 3 is 1.79 bits per heavy atom. The van der Waals surface area contributed by atoms with Crippen molar-refractivity contribution in [2.75, 3.05) is 0 Å². The van der Waals surface area contributed by atoms with Gasteiger partial charge in [0.1, 0.15) is 12.1 Å². The summed E-state index contributed by atoms with van der Waals surface area (Å²) in [4.78, 5) is 22.9. The van der Waals surface area contributed by atoms with Crippen LogP contribution in [-0.2, 0) is 9.59 Å². The van der Waals surface area contributed by atoms with Gasteiger partial charge in [-0.2, -0.15) is 0 Å². The number of rotatable bonds is 5. The highest BCUT2D eigenvalue weighted by Crippen LogP contribution is 2.31. The number of hydrogen-bond donors (Lipinski definition) is 0. The van der Waals surface area contributed by atoms with E-state index in [-0.39, 0.29) is 11.2 Å². The second kappa shape index (κ2) is 4.72. The third kappa shape index (κ3) is 3.24. The van der Waals surface area contributed by atoms with E-state index >= 15 is 0 Å². The SMILES string of the molecule is CCC(C=O)(CC)C(=O)CC(C)(C)C. The second-order valence-electron chi connectivity index (χ2n) is 5.14. The maximum atomic E-state index is 11.9. The predicted molar refractivity (Wildman–Crippen MR) is 58.2 cm³/mol. The smallest absolute Gasteiger partial charge is 0.146 e. The quantitative estimate of drug-likeness (QED) is 0.502. The van der Waals surface area contributed by atoms with Crippen LogP contribution in [0.25, 0.3) is 0 Å². The highest BCUT2D eigenvalue weighted by Gasteiger charge is 2.35. The predicted octanol–water partition coefficient (Wildman–Crippen LogP) is 3.00. The fourth-order valence-electron chi connectivity index (χ4n) is 1.53. The van der Waals surface area contributed by atoms with Gasteiger partial charge < -0.3 is 4.79 Å². The van der Waals surface area contributed by atoms with Gasteiger partial charge in [-0.25, -0.2) is 0 Å². The number of ketones is 1. The number of hydrogen-bond acceptors (Lipinski definition) is 2. The van der Waals surface area contributed by atoms with E-state index in [1.165, 1.54) is 0 Å². The average Bonchev–Trinajstić information content (AvgIpc) is 2.05. The van der Waals surface area contributed by atoms with Gasteiger partial charge in [0.05, 0.1) is 5.41 Å². The Bertz CT molecular complexity index is 207. The van der Waals surface area contributed by atoms with E-state index < -0.39 is 5.41 Å². The number of carbonyl (C=O) groups is 2. The van der Waals surface area contributed by atoms with Crippen molar-refractivity contribution in [1.82, 2.24) is 0 Å². The topological polar surface area (TPSA) is 34.1 Å². The van der Waals surface area contributed by atoms with Gasteiger partial charge in [-0.3, -0.25) is 4.79 Å². The Hall–Kier alpha value is -0.660. The van der Waals surface area contributed by atoms with Crippen LogP contribution < -0.4 is 0 Å². The number of Topliss-reactive ketones (excluding diaryl/α,β-unsaturated/α-hetero) is 1. The van der Waals surface area contributed by atoms with Gasteiger partial charge >= 0.3 is 0 Å². The van der Waals surface area contributed by atoms with E-state index in [0.29, 0.717) is 19.3 Å². The summed E-state index contributed by atoms with van der Waals surface area (Å²) in [6.45, 7) is 9.86. The Labute approximate surface area is 87.1 Å². The molecule has 2 nitrogen and oxygen atoms in total. The molecule has 2 heteroatoms. The molecule has 0 aliphatic heterocycles. The number of aldehydes is 1. The minimum absolute atomic E-state index is 0.0321. The van der Waals surface area contributed by atoms with Crippen molar-refractivity contribution in [3.8, 4) is 0 Å². The fraction of sp³-hybridized carbons (Fsp3) is 0.833. The highest BCUT2D eigenvalue weighted by molar-refractivity contribution is 5.98. The summed E-state index contributed by atoms with van der Waals surface area (Å²) in [6, 6.07) is 0. The molecule has 0 heterocycles. The van der Waals surface area contributed by atoms with Crippen LogP contribution in [0, 0.1) is 10.8 Å². The normalized spacial score (nSPS) is 12.6. The maximum absolute atomic E-state index is 11.9. The molecular formula is C12H22O2. The van der Waals surface area contributed by atoms with Gasteiger partial charge in [-0.05, 0) is 18.3 Å². The first-order valence-corrected chi connectivity index (χ1v) is 5.31. The molecule has 14 heavy (non-hydrogen) atoms. The summed E-state index contributed by atoms with van der Waals surface area (Å²) in [5.41, 5.74) is -0.761. The van der Waals surface area contributed by atoms with Crippen molar-refractivity contribution >= 4 is 12.1 Å². The second-order valence-corrected chi connectivity index (χ2v) is 5.14. The minimum Gasteiger partial charge on any atom is -0.302 e. The third-order valence-corrected chi connectivity index (χ3v) is 2.73. The lowest BCUT2D eigenvalue weighted by Gasteiger charge is -2.27. The Balaban J connectivity index is 4.70. The summed E-state index contributed by atoms with van der Waals surface area (Å²) in [6.07, 6.45) is 2.54. The molecule has 0 amide bonds. The standard InChI is InChI=1S/C12H22O2/c1-6-12(7-2,9-13)10(14)8-11(3,4)5/h9H,6-8H2,1-5H3. The highest BCUT2D eigenvalue weighted by atomic mass is 16.1. The van der Waals surface area contributed by atoms with Crippen LogP contribution in [0.4, 0.5) is 0 Å². The Morgan fingerprint density at radius 2 is 1.57 bits per heavy atom. The molecule has 0 aromatic rings. The third-order valence-electron chi connectivity index (χ3n) is 2.73. The summed E-state index contributed by atoms with van der Waals surface area (Å²) < 4.78 is 0. The lowest BCUT2D eigenvalue weighted by molar-refractivity contribution is -0.136. The van der Waals surface area contributed by atoms with E-state index in [9.17, 15) is 9.59 Å². The Morgan fingerprint density at radius 1 is 1.14 bits per heavy atom. The summed E-state index contributed by atoms with van der Waals surface area (Å²) in [7, 11) is 0. The van der Waals surface area contributed by atoms with Crippen molar-refractivity contribution in [2.24, 2.45) is 10.8 Å². The van der Waals surface area contributed by atoms with E-state index in [1.807, 2.05) is 34.6 Å². The summed E-state index contributed by atoms with van der Waals surface area (Å²) in [5, 5.41) is 0. The molecule has 0 saturated heterocycles. The Kier molecular flexibility index (Phi) is 4.50.